The predicted octanol–water partition coefficient (Wildman–Crippen LogP) is -9.85. The minimum absolute atomic E-state index is 0.821. The Kier molecular flexibility index (Phi) is 18.1. The van der Waals surface area contributed by atoms with E-state index in [1.807, 2.05) is 0 Å². The summed E-state index contributed by atoms with van der Waals surface area (Å²) in [4.78, 5) is 12.9. The minimum Gasteiger partial charge on any atom is -0.394 e. The standard InChI is InChI=1S/C38H65NO27/c1-8-17(44)24(51)31(33(55)56-8)65-38-32(30(19(46)11(4)59-38)64-36-26(53)23(50)20(47)13(6-40)61-36)66-34-15(39-12(5)42)28(21(48)14(7-41)60-34)62-37-27(54)29(18(45)10(3)58-37)63-35-25(52)22(49)16(43)9(2)57-35/h8-11,13-38,40-41,43-55H,6-7H2,1-5H3,(H,39,42)/t8?,9?,10?,11?,13-,14?,15?,16-,17-,18-,19-,20+,21+,22-,23?,24-,25?,26?,27?,28+,29-,30-,31?,32?,33+,34-,35-,36+,37-,38-/m0/s1. The number of nitrogens with one attached hydrogen (secondary N) is 1. The molecule has 6 heterocycles. The van der Waals surface area contributed by atoms with Crippen molar-refractivity contribution in [3.8, 4) is 0 Å². The van der Waals surface area contributed by atoms with Crippen LogP contribution in [-0.4, -0.2) is 280 Å². The Balaban J connectivity index is 1.34. The van der Waals surface area contributed by atoms with Gasteiger partial charge in [0.05, 0.1) is 37.6 Å². The number of amides is 1. The maximum Gasteiger partial charge on any atom is 0.217 e. The molecule has 1 amide bonds. The topological polar surface area (TPSA) is 434 Å². The van der Waals surface area contributed by atoms with Crippen LogP contribution in [0.25, 0.3) is 0 Å². The third kappa shape index (κ3) is 11.0. The third-order valence-corrected chi connectivity index (χ3v) is 12.7. The molecule has 0 radical (unpaired) electrons. The van der Waals surface area contributed by atoms with E-state index in [0.29, 0.717) is 0 Å². The highest BCUT2D eigenvalue weighted by molar-refractivity contribution is 5.73. The number of aliphatic hydroxyl groups excluding tert-OH is 15. The average Bonchev–Trinajstić information content (AvgIpc) is 3.27. The molecule has 12 unspecified atom stereocenters. The van der Waals surface area contributed by atoms with Gasteiger partial charge in [0.25, 0.3) is 0 Å². The molecule has 30 atom stereocenters. The Bertz CT molecular complexity index is 1560. The van der Waals surface area contributed by atoms with E-state index in [1.165, 1.54) is 27.7 Å². The number of carbonyl (C=O) groups is 1. The summed E-state index contributed by atoms with van der Waals surface area (Å²) >= 11 is 0. The zero-order valence-electron chi connectivity index (χ0n) is 36.3. The summed E-state index contributed by atoms with van der Waals surface area (Å²) in [6, 6.07) is -1.74. The Hall–Kier alpha value is -1.57. The molecule has 66 heavy (non-hydrogen) atoms. The highest BCUT2D eigenvalue weighted by Gasteiger charge is 2.58. The largest absolute Gasteiger partial charge is 0.394 e. The second kappa shape index (κ2) is 22.2. The molecule has 16 N–H and O–H groups in total. The summed E-state index contributed by atoms with van der Waals surface area (Å²) in [5.74, 6) is -0.821. The van der Waals surface area contributed by atoms with Gasteiger partial charge in [-0.2, -0.15) is 0 Å². The van der Waals surface area contributed by atoms with Crippen LogP contribution in [0.1, 0.15) is 34.6 Å². The van der Waals surface area contributed by atoms with Gasteiger partial charge in [-0.05, 0) is 27.7 Å². The lowest BCUT2D eigenvalue weighted by Crippen LogP contribution is -2.70. The fourth-order valence-corrected chi connectivity index (χ4v) is 8.65. The number of carbonyl (C=O) groups excluding carboxylic acids is 1. The smallest absolute Gasteiger partial charge is 0.217 e. The Labute approximate surface area is 376 Å². The summed E-state index contributed by atoms with van der Waals surface area (Å²) in [5.41, 5.74) is 0. The van der Waals surface area contributed by atoms with Gasteiger partial charge in [0.1, 0.15) is 122 Å². The van der Waals surface area contributed by atoms with E-state index >= 15 is 0 Å². The first-order chi connectivity index (χ1) is 31.0. The van der Waals surface area contributed by atoms with Gasteiger partial charge >= 0.3 is 0 Å². The first-order valence-electron chi connectivity index (χ1n) is 21.5. The van der Waals surface area contributed by atoms with E-state index in [0.717, 1.165) is 6.92 Å². The van der Waals surface area contributed by atoms with Crippen LogP contribution in [-0.2, 0) is 56.9 Å². The lowest BCUT2D eigenvalue weighted by molar-refractivity contribution is -0.404. The number of aliphatic hydroxyl groups is 15. The van der Waals surface area contributed by atoms with E-state index in [-0.39, 0.29) is 0 Å². The lowest BCUT2D eigenvalue weighted by atomic mass is 9.94. The highest BCUT2D eigenvalue weighted by Crippen LogP contribution is 2.38. The van der Waals surface area contributed by atoms with Gasteiger partial charge in [0.15, 0.2) is 37.7 Å². The van der Waals surface area contributed by atoms with Crippen LogP contribution in [0.5, 0.6) is 0 Å². The van der Waals surface area contributed by atoms with Gasteiger partial charge in [-0.3, -0.25) is 4.79 Å². The molecule has 28 heteroatoms. The molecule has 0 spiro atoms. The molecule has 6 aliphatic rings. The molecule has 6 saturated heterocycles. The van der Waals surface area contributed by atoms with Crippen LogP contribution in [0, 0.1) is 0 Å². The molecular weight excluding hydrogens is 902 g/mol. The minimum atomic E-state index is -2.05. The van der Waals surface area contributed by atoms with E-state index in [1.54, 1.807) is 0 Å². The fourth-order valence-electron chi connectivity index (χ4n) is 8.65. The lowest BCUT2D eigenvalue weighted by Gasteiger charge is -2.51. The van der Waals surface area contributed by atoms with E-state index < -0.39 is 203 Å². The highest BCUT2D eigenvalue weighted by atomic mass is 16.8. The van der Waals surface area contributed by atoms with Gasteiger partial charge < -0.3 is 134 Å². The number of ether oxygens (including phenoxy) is 11. The molecule has 28 nitrogen and oxygen atoms in total. The molecule has 6 fully saturated rings. The molecule has 384 valence electrons. The average molecular weight is 968 g/mol. The molecular formula is C38H65NO27. The molecule has 0 aromatic heterocycles. The van der Waals surface area contributed by atoms with Gasteiger partial charge in [0.2, 0.25) is 5.91 Å². The predicted molar refractivity (Wildman–Crippen MR) is 205 cm³/mol. The van der Waals surface area contributed by atoms with Gasteiger partial charge in [0, 0.05) is 6.92 Å². The van der Waals surface area contributed by atoms with Crippen molar-refractivity contribution < 1.29 is 133 Å². The molecule has 0 aromatic rings. The third-order valence-electron chi connectivity index (χ3n) is 12.7. The SMILES string of the molecule is CC(=O)NC1[C@H](OC2[C@H](OC3[C@H](O)OC(C)[C@H](O)[C@@H]3O)OC(C)[C@H](O)[C@@H]2O[C@H]2O[C@@H](CO)[C@@H](O)C(O)C2O)OC(CO)[C@@H](O)[C@@H]1O[C@@H]1OC(C)[C@H](O)[C@H](O[C@@H]2OC(C)[C@H](O)[C@H](O)C2O)C1O. The van der Waals surface area contributed by atoms with Crippen molar-refractivity contribution in [1.29, 1.82) is 0 Å². The van der Waals surface area contributed by atoms with Gasteiger partial charge in [-0.15, -0.1) is 0 Å². The quantitative estimate of drug-likeness (QED) is 0.0815. The summed E-state index contributed by atoms with van der Waals surface area (Å²) in [6.07, 6.45) is -50.4. The van der Waals surface area contributed by atoms with Crippen molar-refractivity contribution in [3.63, 3.8) is 0 Å². The van der Waals surface area contributed by atoms with E-state index in [4.69, 9.17) is 52.1 Å². The number of hydrogen-bond acceptors (Lipinski definition) is 27. The molecule has 6 rings (SSSR count). The first kappa shape index (κ1) is 53.8. The zero-order valence-corrected chi connectivity index (χ0v) is 36.3. The molecule has 6 aliphatic heterocycles. The fraction of sp³-hybridized carbons (Fsp3) is 0.974. The van der Waals surface area contributed by atoms with Crippen molar-refractivity contribution in [2.45, 2.75) is 219 Å². The van der Waals surface area contributed by atoms with Gasteiger partial charge in [-0.25, -0.2) is 0 Å². The second-order valence-electron chi connectivity index (χ2n) is 17.4. The Morgan fingerprint density at radius 3 is 1.39 bits per heavy atom. The summed E-state index contributed by atoms with van der Waals surface area (Å²) in [7, 11) is 0. The Morgan fingerprint density at radius 1 is 0.394 bits per heavy atom. The van der Waals surface area contributed by atoms with Crippen molar-refractivity contribution in [3.05, 3.63) is 0 Å². The van der Waals surface area contributed by atoms with Crippen LogP contribution in [0.15, 0.2) is 0 Å². The molecule has 0 aromatic carbocycles. The first-order valence-corrected chi connectivity index (χ1v) is 21.5. The zero-order chi connectivity index (χ0) is 48.8. The Morgan fingerprint density at radius 2 is 0.803 bits per heavy atom. The maximum atomic E-state index is 12.9. The summed E-state index contributed by atoms with van der Waals surface area (Å²) in [5, 5.41) is 164. The van der Waals surface area contributed by atoms with Crippen LogP contribution in [0.2, 0.25) is 0 Å². The second-order valence-corrected chi connectivity index (χ2v) is 17.4. The van der Waals surface area contributed by atoms with E-state index in [2.05, 4.69) is 5.32 Å². The van der Waals surface area contributed by atoms with Crippen LogP contribution >= 0.6 is 0 Å². The van der Waals surface area contributed by atoms with Crippen LogP contribution in [0.3, 0.4) is 0 Å². The van der Waals surface area contributed by atoms with Crippen molar-refractivity contribution in [2.24, 2.45) is 0 Å². The van der Waals surface area contributed by atoms with Gasteiger partial charge in [-0.1, -0.05) is 0 Å². The van der Waals surface area contributed by atoms with Crippen molar-refractivity contribution in [2.75, 3.05) is 13.2 Å². The number of rotatable bonds is 13. The van der Waals surface area contributed by atoms with Crippen LogP contribution in [0.4, 0.5) is 0 Å². The maximum absolute atomic E-state index is 12.9. The molecule has 0 saturated carbocycles. The normalized spacial score (nSPS) is 53.9. The summed E-state index contributed by atoms with van der Waals surface area (Å²) < 4.78 is 64.1. The summed E-state index contributed by atoms with van der Waals surface area (Å²) in [6.45, 7) is 4.56. The van der Waals surface area contributed by atoms with E-state index in [9.17, 15) is 81.4 Å². The monoisotopic (exact) mass is 967 g/mol. The molecule has 0 bridgehead atoms. The number of hydrogen-bond donors (Lipinski definition) is 16. The van der Waals surface area contributed by atoms with Crippen molar-refractivity contribution in [1.82, 2.24) is 5.32 Å². The molecule has 0 aliphatic carbocycles. The van der Waals surface area contributed by atoms with Crippen molar-refractivity contribution >= 4 is 5.91 Å². The van der Waals surface area contributed by atoms with Crippen LogP contribution < -0.4 is 5.32 Å².